The van der Waals surface area contributed by atoms with E-state index in [2.05, 4.69) is 20.7 Å². The molecule has 8 nitrogen and oxygen atoms in total. The average Bonchev–Trinajstić information content (AvgIpc) is 3.22. The molecule has 0 spiro atoms. The summed E-state index contributed by atoms with van der Waals surface area (Å²) in [7, 11) is 3.16. The molecule has 0 saturated carbocycles. The van der Waals surface area contributed by atoms with Crippen molar-refractivity contribution in [1.29, 1.82) is 0 Å². The van der Waals surface area contributed by atoms with Crippen molar-refractivity contribution in [3.05, 3.63) is 52.0 Å². The summed E-state index contributed by atoms with van der Waals surface area (Å²) in [5.74, 6) is 1.73. The normalized spacial score (nSPS) is 11.0. The van der Waals surface area contributed by atoms with Crippen molar-refractivity contribution < 1.29 is 14.3 Å². The molecule has 0 unspecified atom stereocenters. The van der Waals surface area contributed by atoms with E-state index in [1.54, 1.807) is 32.4 Å². The van der Waals surface area contributed by atoms with E-state index in [-0.39, 0.29) is 11.7 Å². The highest BCUT2D eigenvalue weighted by Gasteiger charge is 2.16. The molecule has 0 saturated heterocycles. The highest BCUT2D eigenvalue weighted by Crippen LogP contribution is 2.32. The van der Waals surface area contributed by atoms with E-state index < -0.39 is 0 Å². The van der Waals surface area contributed by atoms with Gasteiger partial charge in [-0.1, -0.05) is 47.1 Å². The molecule has 1 N–H and O–H groups in total. The van der Waals surface area contributed by atoms with Crippen molar-refractivity contribution in [2.75, 3.05) is 20.0 Å². The van der Waals surface area contributed by atoms with Crippen LogP contribution in [0.4, 0.5) is 0 Å². The van der Waals surface area contributed by atoms with Gasteiger partial charge in [0.05, 0.1) is 36.2 Å². The lowest BCUT2D eigenvalue weighted by Gasteiger charge is -2.10. The molecular weight excluding hydrogens is 473 g/mol. The van der Waals surface area contributed by atoms with Gasteiger partial charge in [0, 0.05) is 17.7 Å². The zero-order chi connectivity index (χ0) is 23.1. The van der Waals surface area contributed by atoms with E-state index in [0.29, 0.717) is 44.6 Å². The zero-order valence-corrected chi connectivity index (χ0v) is 20.0. The van der Waals surface area contributed by atoms with Gasteiger partial charge < -0.3 is 14.0 Å². The first-order valence-electron chi connectivity index (χ1n) is 9.52. The van der Waals surface area contributed by atoms with E-state index in [1.807, 2.05) is 29.7 Å². The molecule has 32 heavy (non-hydrogen) atoms. The number of carbonyl (C=O) groups excluding carboxylic acids is 1. The molecule has 0 bridgehead atoms. The molecule has 0 fully saturated rings. The molecule has 11 heteroatoms. The summed E-state index contributed by atoms with van der Waals surface area (Å²) < 4.78 is 12.6. The lowest BCUT2D eigenvalue weighted by atomic mass is 10.2. The number of halogens is 2. The molecule has 1 heterocycles. The molecule has 1 amide bonds. The van der Waals surface area contributed by atoms with Crippen molar-refractivity contribution in [3.8, 4) is 22.9 Å². The van der Waals surface area contributed by atoms with E-state index >= 15 is 0 Å². The highest BCUT2D eigenvalue weighted by atomic mass is 35.5. The number of hydrogen-bond donors (Lipinski definition) is 1. The zero-order valence-electron chi connectivity index (χ0n) is 17.6. The predicted octanol–water partition coefficient (Wildman–Crippen LogP) is 4.53. The number of nitrogens with zero attached hydrogens (tertiary/aromatic N) is 4. The fraction of sp³-hybridized carbons (Fsp3) is 0.238. The van der Waals surface area contributed by atoms with Gasteiger partial charge in [0.15, 0.2) is 22.5 Å². The fourth-order valence-electron chi connectivity index (χ4n) is 2.83. The first-order chi connectivity index (χ1) is 15.5. The summed E-state index contributed by atoms with van der Waals surface area (Å²) in [6.07, 6.45) is 1.44. The fourth-order valence-corrected chi connectivity index (χ4v) is 3.98. The average molecular weight is 494 g/mol. The number of rotatable bonds is 9. The molecule has 3 aromatic rings. The van der Waals surface area contributed by atoms with Gasteiger partial charge in [0.25, 0.3) is 5.91 Å². The van der Waals surface area contributed by atoms with Crippen molar-refractivity contribution >= 4 is 47.1 Å². The van der Waals surface area contributed by atoms with Gasteiger partial charge in [0.1, 0.15) is 0 Å². The van der Waals surface area contributed by atoms with Crippen LogP contribution in [0.5, 0.6) is 11.5 Å². The molecule has 1 aromatic heterocycles. The van der Waals surface area contributed by atoms with E-state index in [1.165, 1.54) is 18.0 Å². The van der Waals surface area contributed by atoms with Crippen LogP contribution in [-0.2, 0) is 11.3 Å². The maximum Gasteiger partial charge on any atom is 0.250 e. The Morgan fingerprint density at radius 1 is 1.19 bits per heavy atom. The summed E-state index contributed by atoms with van der Waals surface area (Å²) in [5, 5.41) is 13.9. The summed E-state index contributed by atoms with van der Waals surface area (Å²) in [6, 6.07) is 10.7. The first kappa shape index (κ1) is 23.9. The highest BCUT2D eigenvalue weighted by molar-refractivity contribution is 7.99. The predicted molar refractivity (Wildman–Crippen MR) is 127 cm³/mol. The summed E-state index contributed by atoms with van der Waals surface area (Å²) in [4.78, 5) is 12.2. The number of hydrazone groups is 1. The van der Waals surface area contributed by atoms with Crippen LogP contribution in [0.15, 0.2) is 46.7 Å². The van der Waals surface area contributed by atoms with Gasteiger partial charge in [-0.25, -0.2) is 5.43 Å². The second-order valence-corrected chi connectivity index (χ2v) is 8.07. The van der Waals surface area contributed by atoms with E-state index in [9.17, 15) is 4.79 Å². The molecule has 0 atom stereocenters. The maximum atomic E-state index is 12.2. The summed E-state index contributed by atoms with van der Waals surface area (Å²) in [6.45, 7) is 2.61. The largest absolute Gasteiger partial charge is 0.493 e. The SMILES string of the molecule is CCn1c(SCC(=O)NN=Cc2cccc(Cl)c2Cl)nnc1-c1ccc(OC)c(OC)c1. The van der Waals surface area contributed by atoms with Crippen LogP contribution in [0.25, 0.3) is 11.4 Å². The molecule has 3 rings (SSSR count). The number of nitrogens with one attached hydrogen (secondary N) is 1. The second-order valence-electron chi connectivity index (χ2n) is 6.35. The van der Waals surface area contributed by atoms with Crippen molar-refractivity contribution in [1.82, 2.24) is 20.2 Å². The molecule has 0 aliphatic rings. The van der Waals surface area contributed by atoms with Crippen LogP contribution >= 0.6 is 35.0 Å². The Hall–Kier alpha value is -2.75. The molecule has 168 valence electrons. The number of carbonyl (C=O) groups is 1. The maximum absolute atomic E-state index is 12.2. The Bertz CT molecular complexity index is 1140. The molecule has 0 aliphatic heterocycles. The number of ether oxygens (including phenoxy) is 2. The van der Waals surface area contributed by atoms with Crippen LogP contribution < -0.4 is 14.9 Å². The molecule has 2 aromatic carbocycles. The number of thioether (sulfide) groups is 1. The van der Waals surface area contributed by atoms with Gasteiger partial charge in [-0.15, -0.1) is 10.2 Å². The van der Waals surface area contributed by atoms with Gasteiger partial charge in [-0.05, 0) is 31.2 Å². The Morgan fingerprint density at radius 2 is 1.97 bits per heavy atom. The van der Waals surface area contributed by atoms with Gasteiger partial charge in [0.2, 0.25) is 0 Å². The lowest BCUT2D eigenvalue weighted by Crippen LogP contribution is -2.20. The third-order valence-electron chi connectivity index (χ3n) is 4.38. The topological polar surface area (TPSA) is 90.6 Å². The van der Waals surface area contributed by atoms with E-state index in [0.717, 1.165) is 5.56 Å². The van der Waals surface area contributed by atoms with Crippen molar-refractivity contribution in [3.63, 3.8) is 0 Å². The van der Waals surface area contributed by atoms with Crippen LogP contribution in [0.2, 0.25) is 10.0 Å². The summed E-state index contributed by atoms with van der Waals surface area (Å²) in [5.41, 5.74) is 3.91. The Labute approximate surface area is 199 Å². The quantitative estimate of drug-likeness (QED) is 0.267. The number of amides is 1. The summed E-state index contributed by atoms with van der Waals surface area (Å²) >= 11 is 13.3. The molecule has 0 radical (unpaired) electrons. The Balaban J connectivity index is 1.66. The van der Waals surface area contributed by atoms with Crippen LogP contribution in [0.3, 0.4) is 0 Å². The second kappa shape index (κ2) is 11.2. The third kappa shape index (κ3) is 5.53. The molecule has 0 aliphatic carbocycles. The first-order valence-corrected chi connectivity index (χ1v) is 11.3. The van der Waals surface area contributed by atoms with Crippen LogP contribution in [-0.4, -0.2) is 46.9 Å². The van der Waals surface area contributed by atoms with Crippen LogP contribution in [0.1, 0.15) is 12.5 Å². The number of aromatic nitrogens is 3. The number of hydrogen-bond acceptors (Lipinski definition) is 7. The van der Waals surface area contributed by atoms with Crippen molar-refractivity contribution in [2.45, 2.75) is 18.6 Å². The monoisotopic (exact) mass is 493 g/mol. The Kier molecular flexibility index (Phi) is 8.38. The van der Waals surface area contributed by atoms with Gasteiger partial charge in [-0.2, -0.15) is 5.10 Å². The van der Waals surface area contributed by atoms with Gasteiger partial charge >= 0.3 is 0 Å². The lowest BCUT2D eigenvalue weighted by molar-refractivity contribution is -0.118. The minimum Gasteiger partial charge on any atom is -0.493 e. The van der Waals surface area contributed by atoms with Gasteiger partial charge in [-0.3, -0.25) is 4.79 Å². The van der Waals surface area contributed by atoms with Crippen LogP contribution in [0, 0.1) is 0 Å². The molecular formula is C21H21Cl2N5O3S. The smallest absolute Gasteiger partial charge is 0.250 e. The number of methoxy groups -OCH3 is 2. The standard InChI is InChI=1S/C21H21Cl2N5O3S/c1-4-28-20(13-8-9-16(30-2)17(10-13)31-3)26-27-21(28)32-12-18(29)25-24-11-14-6-5-7-15(22)19(14)23/h5-11H,4,12H2,1-3H3,(H,25,29). The third-order valence-corrected chi connectivity index (χ3v) is 6.18. The minimum absolute atomic E-state index is 0.116. The number of benzene rings is 2. The van der Waals surface area contributed by atoms with E-state index in [4.69, 9.17) is 32.7 Å². The Morgan fingerprint density at radius 3 is 2.69 bits per heavy atom. The van der Waals surface area contributed by atoms with Crippen molar-refractivity contribution in [2.24, 2.45) is 5.10 Å². The minimum atomic E-state index is -0.289.